The number of para-hydroxylation sites is 1. The fourth-order valence-corrected chi connectivity index (χ4v) is 2.30. The molecule has 25 heavy (non-hydrogen) atoms. The summed E-state index contributed by atoms with van der Waals surface area (Å²) in [6.45, 7) is 2.64. The number of anilines is 2. The molecule has 6 heteroatoms. The minimum Gasteiger partial charge on any atom is -0.365 e. The van der Waals surface area contributed by atoms with Crippen molar-refractivity contribution in [1.29, 1.82) is 0 Å². The maximum atomic E-state index is 13.6. The zero-order valence-corrected chi connectivity index (χ0v) is 13.7. The molecule has 0 saturated heterocycles. The van der Waals surface area contributed by atoms with Gasteiger partial charge in [0, 0.05) is 6.54 Å². The number of halogens is 1. The van der Waals surface area contributed by atoms with Gasteiger partial charge in [0.25, 0.3) is 5.91 Å². The zero-order chi connectivity index (χ0) is 17.6. The van der Waals surface area contributed by atoms with Gasteiger partial charge in [-0.3, -0.25) is 4.79 Å². The molecule has 0 saturated carbocycles. The van der Waals surface area contributed by atoms with Crippen molar-refractivity contribution < 1.29 is 9.18 Å². The van der Waals surface area contributed by atoms with E-state index in [0.29, 0.717) is 12.4 Å². The van der Waals surface area contributed by atoms with Crippen molar-refractivity contribution in [3.63, 3.8) is 0 Å². The Balaban J connectivity index is 1.61. The Labute approximate surface area is 145 Å². The second-order valence-corrected chi connectivity index (χ2v) is 5.56. The summed E-state index contributed by atoms with van der Waals surface area (Å²) in [6.07, 6.45) is 2.83. The average molecular weight is 336 g/mol. The quantitative estimate of drug-likeness (QED) is 0.744. The molecule has 3 rings (SSSR count). The van der Waals surface area contributed by atoms with E-state index < -0.39 is 11.7 Å². The van der Waals surface area contributed by atoms with Crippen molar-refractivity contribution in [2.24, 2.45) is 0 Å². The molecule has 0 bridgehead atoms. The molecule has 1 aromatic heterocycles. The average Bonchev–Trinajstić information content (AvgIpc) is 2.62. The summed E-state index contributed by atoms with van der Waals surface area (Å²) in [5.41, 5.74) is 2.54. The van der Waals surface area contributed by atoms with Crippen molar-refractivity contribution in [3.05, 3.63) is 83.6 Å². The van der Waals surface area contributed by atoms with Crippen molar-refractivity contribution in [3.8, 4) is 0 Å². The number of carbonyl (C=O) groups excluding carboxylic acids is 1. The Morgan fingerprint density at radius 2 is 1.92 bits per heavy atom. The number of aromatic nitrogens is 2. The van der Waals surface area contributed by atoms with Crippen LogP contribution in [0.15, 0.2) is 60.9 Å². The molecule has 3 aromatic rings. The van der Waals surface area contributed by atoms with Crippen LogP contribution in [0.1, 0.15) is 21.6 Å². The molecule has 0 radical (unpaired) electrons. The third-order valence-corrected chi connectivity index (χ3v) is 3.56. The molecular weight excluding hydrogens is 319 g/mol. The number of benzene rings is 2. The van der Waals surface area contributed by atoms with Crippen molar-refractivity contribution in [1.82, 2.24) is 9.97 Å². The second-order valence-electron chi connectivity index (χ2n) is 5.56. The van der Waals surface area contributed by atoms with E-state index >= 15 is 0 Å². The van der Waals surface area contributed by atoms with Crippen LogP contribution in [0.25, 0.3) is 0 Å². The van der Waals surface area contributed by atoms with Crippen LogP contribution in [-0.4, -0.2) is 15.9 Å². The van der Waals surface area contributed by atoms with Gasteiger partial charge < -0.3 is 10.6 Å². The monoisotopic (exact) mass is 336 g/mol. The first kappa shape index (κ1) is 16.6. The Bertz CT molecular complexity index is 881. The molecule has 0 unspecified atom stereocenters. The summed E-state index contributed by atoms with van der Waals surface area (Å²) in [5, 5.41) is 5.62. The molecule has 0 atom stereocenters. The summed E-state index contributed by atoms with van der Waals surface area (Å²) in [7, 11) is 0. The van der Waals surface area contributed by atoms with Crippen LogP contribution in [0.4, 0.5) is 15.9 Å². The van der Waals surface area contributed by atoms with E-state index in [1.807, 2.05) is 25.1 Å². The highest BCUT2D eigenvalue weighted by Crippen LogP contribution is 2.14. The third-order valence-electron chi connectivity index (χ3n) is 3.56. The first-order valence-electron chi connectivity index (χ1n) is 7.79. The highest BCUT2D eigenvalue weighted by Gasteiger charge is 2.10. The third kappa shape index (κ3) is 4.38. The van der Waals surface area contributed by atoms with Crippen LogP contribution in [0.5, 0.6) is 0 Å². The lowest BCUT2D eigenvalue weighted by Gasteiger charge is -2.08. The number of nitrogens with one attached hydrogen (secondary N) is 2. The van der Waals surface area contributed by atoms with Crippen molar-refractivity contribution >= 4 is 17.4 Å². The number of nitrogens with zero attached hydrogens (tertiary/aromatic N) is 2. The Morgan fingerprint density at radius 3 is 2.64 bits per heavy atom. The van der Waals surface area contributed by atoms with E-state index in [9.17, 15) is 9.18 Å². The molecule has 1 amide bonds. The van der Waals surface area contributed by atoms with Gasteiger partial charge in [0.1, 0.15) is 17.3 Å². The molecule has 0 aliphatic carbocycles. The molecule has 0 aliphatic rings. The van der Waals surface area contributed by atoms with Gasteiger partial charge in [0.15, 0.2) is 0 Å². The first-order valence-corrected chi connectivity index (χ1v) is 7.79. The van der Waals surface area contributed by atoms with Crippen molar-refractivity contribution in [2.75, 3.05) is 10.6 Å². The highest BCUT2D eigenvalue weighted by atomic mass is 19.1. The number of aryl methyl sites for hydroxylation is 1. The smallest absolute Gasteiger partial charge is 0.275 e. The van der Waals surface area contributed by atoms with E-state index in [1.54, 1.807) is 12.1 Å². The van der Waals surface area contributed by atoms with Gasteiger partial charge in [-0.1, -0.05) is 42.0 Å². The highest BCUT2D eigenvalue weighted by molar-refractivity contribution is 6.02. The molecule has 5 nitrogen and oxygen atoms in total. The van der Waals surface area contributed by atoms with E-state index in [2.05, 4.69) is 26.7 Å². The van der Waals surface area contributed by atoms with E-state index in [4.69, 9.17) is 0 Å². The minimum absolute atomic E-state index is 0.107. The second kappa shape index (κ2) is 7.53. The summed E-state index contributed by atoms with van der Waals surface area (Å²) in [6, 6.07) is 14.1. The predicted octanol–water partition coefficient (Wildman–Crippen LogP) is 3.79. The van der Waals surface area contributed by atoms with Crippen LogP contribution in [0.2, 0.25) is 0 Å². The number of carbonyl (C=O) groups is 1. The van der Waals surface area contributed by atoms with Gasteiger partial charge >= 0.3 is 0 Å². The largest absolute Gasteiger partial charge is 0.365 e. The number of amides is 1. The van der Waals surface area contributed by atoms with Crippen LogP contribution < -0.4 is 10.6 Å². The topological polar surface area (TPSA) is 66.9 Å². The van der Waals surface area contributed by atoms with E-state index in [1.165, 1.54) is 30.1 Å². The summed E-state index contributed by atoms with van der Waals surface area (Å²) >= 11 is 0. The Hall–Kier alpha value is -3.28. The van der Waals surface area contributed by atoms with Gasteiger partial charge in [0.05, 0.1) is 18.1 Å². The normalized spacial score (nSPS) is 10.3. The first-order chi connectivity index (χ1) is 12.1. The van der Waals surface area contributed by atoms with Crippen molar-refractivity contribution in [2.45, 2.75) is 13.5 Å². The molecule has 0 aliphatic heterocycles. The Morgan fingerprint density at radius 1 is 1.08 bits per heavy atom. The van der Waals surface area contributed by atoms with Crippen LogP contribution in [0, 0.1) is 12.7 Å². The molecule has 0 fully saturated rings. The lowest BCUT2D eigenvalue weighted by atomic mass is 10.1. The number of hydrogen-bond donors (Lipinski definition) is 2. The van der Waals surface area contributed by atoms with Gasteiger partial charge in [0.2, 0.25) is 0 Å². The molecule has 2 aromatic carbocycles. The maximum Gasteiger partial charge on any atom is 0.275 e. The number of hydrogen-bond acceptors (Lipinski definition) is 4. The summed E-state index contributed by atoms with van der Waals surface area (Å²) < 4.78 is 13.6. The lowest BCUT2D eigenvalue weighted by Crippen LogP contribution is -2.15. The molecule has 0 spiro atoms. The zero-order valence-electron chi connectivity index (χ0n) is 13.7. The molecule has 126 valence electrons. The number of rotatable bonds is 5. The fourth-order valence-electron chi connectivity index (χ4n) is 2.30. The SMILES string of the molecule is Cc1cccc(CNc2cnc(C(=O)Nc3ccccc3F)cn2)c1. The van der Waals surface area contributed by atoms with Gasteiger partial charge in [-0.2, -0.15) is 0 Å². The molecular formula is C19H17FN4O. The fraction of sp³-hybridized carbons (Fsp3) is 0.105. The maximum absolute atomic E-state index is 13.6. The Kier molecular flexibility index (Phi) is 4.99. The van der Waals surface area contributed by atoms with Crippen LogP contribution in [0.3, 0.4) is 0 Å². The minimum atomic E-state index is -0.511. The predicted molar refractivity (Wildman–Crippen MR) is 94.9 cm³/mol. The lowest BCUT2D eigenvalue weighted by molar-refractivity contribution is 0.102. The van der Waals surface area contributed by atoms with Gasteiger partial charge in [-0.15, -0.1) is 0 Å². The standard InChI is InChI=1S/C19H17FN4O/c1-13-5-4-6-14(9-13)10-22-18-12-21-17(11-23-18)19(25)24-16-8-3-2-7-15(16)20/h2-9,11-12H,10H2,1H3,(H,22,23)(H,24,25). The molecule has 1 heterocycles. The van der Waals surface area contributed by atoms with Gasteiger partial charge in [-0.25, -0.2) is 14.4 Å². The van der Waals surface area contributed by atoms with E-state index in [-0.39, 0.29) is 11.4 Å². The van der Waals surface area contributed by atoms with Crippen LogP contribution >= 0.6 is 0 Å². The summed E-state index contributed by atoms with van der Waals surface area (Å²) in [4.78, 5) is 20.3. The van der Waals surface area contributed by atoms with Crippen LogP contribution in [-0.2, 0) is 6.54 Å². The summed E-state index contributed by atoms with van der Waals surface area (Å²) in [5.74, 6) is -0.452. The van der Waals surface area contributed by atoms with Gasteiger partial charge in [-0.05, 0) is 24.6 Å². The molecule has 2 N–H and O–H groups in total. The van der Waals surface area contributed by atoms with E-state index in [0.717, 1.165) is 5.56 Å².